The van der Waals surface area contributed by atoms with Gasteiger partial charge < -0.3 is 10.1 Å². The van der Waals surface area contributed by atoms with Crippen molar-refractivity contribution in [1.82, 2.24) is 4.90 Å². The van der Waals surface area contributed by atoms with Crippen LogP contribution in [-0.2, 0) is 25.5 Å². The molecule has 0 saturated heterocycles. The standard InChI is InChI=1S/C20H15N3O5/c21-10-14-6-2-4-8-16(14)22-17(24)12-28-19(26)11-23-18(25)9-13-5-1-3-7-15(13)20(23)27/h1-8H,9,11-12H2,(H,22,24). The summed E-state index contributed by atoms with van der Waals surface area (Å²) in [5.74, 6) is -2.60. The number of nitriles is 1. The van der Waals surface area contributed by atoms with E-state index >= 15 is 0 Å². The topological polar surface area (TPSA) is 117 Å². The molecule has 0 aromatic heterocycles. The third-order valence-electron chi connectivity index (χ3n) is 4.11. The molecule has 3 amide bonds. The smallest absolute Gasteiger partial charge is 0.326 e. The molecule has 3 rings (SSSR count). The van der Waals surface area contributed by atoms with E-state index in [1.807, 2.05) is 6.07 Å². The molecule has 0 radical (unpaired) electrons. The van der Waals surface area contributed by atoms with Gasteiger partial charge in [-0.3, -0.25) is 24.1 Å². The number of rotatable bonds is 5. The molecule has 0 unspecified atom stereocenters. The number of amides is 3. The molecule has 0 fully saturated rings. The Bertz CT molecular complexity index is 1010. The maximum atomic E-state index is 12.4. The number of fused-ring (bicyclic) bond motifs is 1. The van der Waals surface area contributed by atoms with Crippen molar-refractivity contribution in [2.45, 2.75) is 6.42 Å². The Hall–Kier alpha value is -3.99. The van der Waals surface area contributed by atoms with Gasteiger partial charge in [-0.1, -0.05) is 30.3 Å². The molecule has 2 aromatic carbocycles. The van der Waals surface area contributed by atoms with Crippen LogP contribution >= 0.6 is 0 Å². The first-order valence-electron chi connectivity index (χ1n) is 8.37. The second kappa shape index (κ2) is 8.14. The lowest BCUT2D eigenvalue weighted by atomic mass is 9.98. The van der Waals surface area contributed by atoms with Crippen LogP contribution in [0.4, 0.5) is 5.69 Å². The van der Waals surface area contributed by atoms with Crippen molar-refractivity contribution in [3.8, 4) is 6.07 Å². The lowest BCUT2D eigenvalue weighted by Crippen LogP contribution is -2.45. The van der Waals surface area contributed by atoms with Gasteiger partial charge in [0.05, 0.1) is 17.7 Å². The second-order valence-electron chi connectivity index (χ2n) is 5.99. The second-order valence-corrected chi connectivity index (χ2v) is 5.99. The molecule has 8 heteroatoms. The first-order chi connectivity index (χ1) is 13.5. The van der Waals surface area contributed by atoms with E-state index in [2.05, 4.69) is 5.32 Å². The molecule has 0 bridgehead atoms. The third-order valence-corrected chi connectivity index (χ3v) is 4.11. The zero-order chi connectivity index (χ0) is 20.1. The third kappa shape index (κ3) is 4.04. The Labute approximate surface area is 160 Å². The molecule has 1 heterocycles. The molecular weight excluding hydrogens is 362 g/mol. The molecule has 0 spiro atoms. The molecule has 0 aliphatic carbocycles. The van der Waals surface area contributed by atoms with Crippen LogP contribution < -0.4 is 5.32 Å². The lowest BCUT2D eigenvalue weighted by molar-refractivity contribution is -0.150. The summed E-state index contributed by atoms with van der Waals surface area (Å²) in [5.41, 5.74) is 1.54. The highest BCUT2D eigenvalue weighted by molar-refractivity contribution is 6.11. The van der Waals surface area contributed by atoms with E-state index in [1.54, 1.807) is 42.5 Å². The number of hydrogen-bond donors (Lipinski definition) is 1. The highest BCUT2D eigenvalue weighted by Crippen LogP contribution is 2.19. The number of benzene rings is 2. The fourth-order valence-electron chi connectivity index (χ4n) is 2.76. The van der Waals surface area contributed by atoms with Crippen LogP contribution in [0.15, 0.2) is 48.5 Å². The monoisotopic (exact) mass is 377 g/mol. The van der Waals surface area contributed by atoms with Crippen LogP contribution in [0.2, 0.25) is 0 Å². The number of nitrogens with zero attached hydrogens (tertiary/aromatic N) is 2. The predicted octanol–water partition coefficient (Wildman–Crippen LogP) is 1.27. The van der Waals surface area contributed by atoms with Crippen molar-refractivity contribution >= 4 is 29.4 Å². The summed E-state index contributed by atoms with van der Waals surface area (Å²) in [5, 5.41) is 11.5. The number of imide groups is 1. The van der Waals surface area contributed by atoms with Gasteiger partial charge in [-0.05, 0) is 23.8 Å². The molecule has 8 nitrogen and oxygen atoms in total. The van der Waals surface area contributed by atoms with Crippen LogP contribution in [-0.4, -0.2) is 41.7 Å². The summed E-state index contributed by atoms with van der Waals surface area (Å²) in [6.07, 6.45) is 0.0145. The number of carbonyl (C=O) groups is 4. The first-order valence-corrected chi connectivity index (χ1v) is 8.37. The Kier molecular flexibility index (Phi) is 5.46. The Morgan fingerprint density at radius 3 is 2.61 bits per heavy atom. The number of esters is 1. The molecule has 0 saturated carbocycles. The minimum Gasteiger partial charge on any atom is -0.454 e. The van der Waals surface area contributed by atoms with Crippen molar-refractivity contribution in [3.05, 3.63) is 65.2 Å². The van der Waals surface area contributed by atoms with Crippen molar-refractivity contribution in [2.24, 2.45) is 0 Å². The van der Waals surface area contributed by atoms with Crippen LogP contribution in [0.5, 0.6) is 0 Å². The molecule has 1 aliphatic heterocycles. The lowest BCUT2D eigenvalue weighted by Gasteiger charge is -2.25. The Balaban J connectivity index is 1.56. The van der Waals surface area contributed by atoms with Crippen molar-refractivity contribution in [1.29, 1.82) is 5.26 Å². The molecule has 1 aliphatic rings. The predicted molar refractivity (Wildman–Crippen MR) is 96.9 cm³/mol. The number of para-hydroxylation sites is 1. The molecule has 0 atom stereocenters. The normalized spacial score (nSPS) is 12.8. The summed E-state index contributed by atoms with van der Waals surface area (Å²) in [4.78, 5) is 49.3. The SMILES string of the molecule is N#Cc1ccccc1NC(=O)COC(=O)CN1C(=O)Cc2ccccc2C1=O. The number of carbonyl (C=O) groups excluding carboxylic acids is 4. The highest BCUT2D eigenvalue weighted by Gasteiger charge is 2.32. The maximum absolute atomic E-state index is 12.4. The summed E-state index contributed by atoms with van der Waals surface area (Å²) >= 11 is 0. The van der Waals surface area contributed by atoms with Crippen LogP contribution in [0, 0.1) is 11.3 Å². The average molecular weight is 377 g/mol. The molecule has 140 valence electrons. The first kappa shape index (κ1) is 18.8. The minimum atomic E-state index is -0.884. The van der Waals surface area contributed by atoms with E-state index in [0.717, 1.165) is 4.90 Å². The van der Waals surface area contributed by atoms with Crippen molar-refractivity contribution in [2.75, 3.05) is 18.5 Å². The van der Waals surface area contributed by atoms with Gasteiger partial charge in [0.2, 0.25) is 5.91 Å². The maximum Gasteiger partial charge on any atom is 0.326 e. The fraction of sp³-hybridized carbons (Fsp3) is 0.150. The number of hydrogen-bond acceptors (Lipinski definition) is 6. The number of ether oxygens (including phenoxy) is 1. The zero-order valence-electron chi connectivity index (χ0n) is 14.7. The fourth-order valence-corrected chi connectivity index (χ4v) is 2.76. The van der Waals surface area contributed by atoms with E-state index in [-0.39, 0.29) is 12.0 Å². The van der Waals surface area contributed by atoms with E-state index in [4.69, 9.17) is 10.00 Å². The Morgan fingerprint density at radius 1 is 1.11 bits per heavy atom. The molecule has 1 N–H and O–H groups in total. The Morgan fingerprint density at radius 2 is 1.82 bits per heavy atom. The number of anilines is 1. The van der Waals surface area contributed by atoms with Crippen molar-refractivity contribution < 1.29 is 23.9 Å². The van der Waals surface area contributed by atoms with Gasteiger partial charge in [0.25, 0.3) is 11.8 Å². The molecule has 28 heavy (non-hydrogen) atoms. The average Bonchev–Trinajstić information content (AvgIpc) is 2.70. The van der Waals surface area contributed by atoms with E-state index in [0.29, 0.717) is 16.8 Å². The van der Waals surface area contributed by atoms with Gasteiger partial charge in [0.15, 0.2) is 6.61 Å². The van der Waals surface area contributed by atoms with Crippen LogP contribution in [0.25, 0.3) is 0 Å². The highest BCUT2D eigenvalue weighted by atomic mass is 16.5. The van der Waals surface area contributed by atoms with Gasteiger partial charge in [-0.25, -0.2) is 0 Å². The molecular formula is C20H15N3O5. The summed E-state index contributed by atoms with van der Waals surface area (Å²) in [7, 11) is 0. The van der Waals surface area contributed by atoms with Gasteiger partial charge in [-0.15, -0.1) is 0 Å². The van der Waals surface area contributed by atoms with Crippen LogP contribution in [0.3, 0.4) is 0 Å². The van der Waals surface area contributed by atoms with Gasteiger partial charge in [0.1, 0.15) is 12.6 Å². The van der Waals surface area contributed by atoms with E-state index in [1.165, 1.54) is 6.07 Å². The molecule has 2 aromatic rings. The van der Waals surface area contributed by atoms with E-state index < -0.39 is 36.8 Å². The largest absolute Gasteiger partial charge is 0.454 e. The summed E-state index contributed by atoms with van der Waals surface area (Å²) in [6.45, 7) is -1.18. The van der Waals surface area contributed by atoms with Gasteiger partial charge in [0, 0.05) is 5.56 Å². The summed E-state index contributed by atoms with van der Waals surface area (Å²) < 4.78 is 4.86. The summed E-state index contributed by atoms with van der Waals surface area (Å²) in [6, 6.07) is 15.0. The van der Waals surface area contributed by atoms with E-state index in [9.17, 15) is 19.2 Å². The zero-order valence-corrected chi connectivity index (χ0v) is 14.7. The quantitative estimate of drug-likeness (QED) is 0.619. The van der Waals surface area contributed by atoms with Gasteiger partial charge >= 0.3 is 5.97 Å². The van der Waals surface area contributed by atoms with Crippen molar-refractivity contribution in [3.63, 3.8) is 0 Å². The van der Waals surface area contributed by atoms with Gasteiger partial charge in [-0.2, -0.15) is 5.26 Å². The van der Waals surface area contributed by atoms with Crippen LogP contribution in [0.1, 0.15) is 21.5 Å². The number of nitrogens with one attached hydrogen (secondary N) is 1. The minimum absolute atomic E-state index is 0.0145.